The van der Waals surface area contributed by atoms with E-state index in [1.807, 2.05) is 85.8 Å². The molecular formula is C28H28N2O4. The molecule has 174 valence electrons. The largest absolute Gasteiger partial charge is 0.493 e. The van der Waals surface area contributed by atoms with E-state index in [-0.39, 0.29) is 12.4 Å². The van der Waals surface area contributed by atoms with Crippen LogP contribution in [0.15, 0.2) is 83.3 Å². The molecule has 0 bridgehead atoms. The first-order valence-corrected chi connectivity index (χ1v) is 11.2. The summed E-state index contributed by atoms with van der Waals surface area (Å²) in [6.45, 7) is 3.08. The number of nitrogens with one attached hydrogen (secondary N) is 1. The Bertz CT molecular complexity index is 1220. The van der Waals surface area contributed by atoms with Gasteiger partial charge in [-0.15, -0.1) is 0 Å². The van der Waals surface area contributed by atoms with Crippen molar-refractivity contribution in [2.24, 2.45) is 0 Å². The molecule has 0 fully saturated rings. The summed E-state index contributed by atoms with van der Waals surface area (Å²) in [5.74, 6) is 2.00. The van der Waals surface area contributed by atoms with E-state index in [9.17, 15) is 4.79 Å². The number of aromatic nitrogens is 1. The molecule has 0 aliphatic carbocycles. The third-order valence-corrected chi connectivity index (χ3v) is 5.51. The first-order chi connectivity index (χ1) is 16.6. The van der Waals surface area contributed by atoms with Gasteiger partial charge in [-0.05, 0) is 48.4 Å². The number of rotatable bonds is 10. The van der Waals surface area contributed by atoms with Crippen LogP contribution in [-0.2, 0) is 28.9 Å². The molecule has 4 aromatic rings. The topological polar surface area (TPSA) is 73.6 Å². The highest BCUT2D eigenvalue weighted by atomic mass is 16.5. The molecule has 3 aromatic carbocycles. The van der Waals surface area contributed by atoms with Crippen LogP contribution in [0.2, 0.25) is 0 Å². The lowest BCUT2D eigenvalue weighted by Crippen LogP contribution is -2.08. The van der Waals surface area contributed by atoms with Gasteiger partial charge in [-0.1, -0.05) is 48.5 Å². The zero-order valence-corrected chi connectivity index (χ0v) is 19.4. The van der Waals surface area contributed by atoms with E-state index in [1.54, 1.807) is 0 Å². The maximum absolute atomic E-state index is 11.6. The Hall–Kier alpha value is -4.06. The first kappa shape index (κ1) is 23.1. The van der Waals surface area contributed by atoms with Gasteiger partial charge in [0.15, 0.2) is 0 Å². The predicted molar refractivity (Wildman–Crippen MR) is 132 cm³/mol. The third kappa shape index (κ3) is 6.04. The molecule has 4 rings (SSSR count). The van der Waals surface area contributed by atoms with Gasteiger partial charge in [0, 0.05) is 24.2 Å². The molecule has 0 atom stereocenters. The molecule has 0 aliphatic rings. The fourth-order valence-corrected chi connectivity index (χ4v) is 3.61. The number of hydrogen-bond acceptors (Lipinski definition) is 6. The monoisotopic (exact) mass is 456 g/mol. The predicted octanol–water partition coefficient (Wildman–Crippen LogP) is 5.60. The normalized spacial score (nSPS) is 10.6. The molecule has 1 aromatic heterocycles. The molecule has 1 heterocycles. The molecule has 6 nitrogen and oxygen atoms in total. The van der Waals surface area contributed by atoms with E-state index < -0.39 is 0 Å². The number of para-hydroxylation sites is 1. The van der Waals surface area contributed by atoms with Crippen LogP contribution in [0.25, 0.3) is 11.5 Å². The minimum Gasteiger partial charge on any atom is -0.493 e. The van der Waals surface area contributed by atoms with Crippen molar-refractivity contribution in [2.75, 3.05) is 19.0 Å². The van der Waals surface area contributed by atoms with Crippen LogP contribution < -0.4 is 10.1 Å². The number of aryl methyl sites for hydroxylation is 1. The molecule has 0 unspecified atom stereocenters. The highest BCUT2D eigenvalue weighted by Gasteiger charge is 2.11. The quantitative estimate of drug-likeness (QED) is 0.313. The first-order valence-electron chi connectivity index (χ1n) is 11.2. The number of esters is 1. The lowest BCUT2D eigenvalue weighted by molar-refractivity contribution is -0.139. The van der Waals surface area contributed by atoms with Crippen molar-refractivity contribution < 1.29 is 18.7 Å². The standard InChI is InChI=1S/C28H28N2O4/c1-20-25(30-28(34-20)22-8-4-3-5-9-22)16-17-33-24-14-12-21(13-15-24)19-29-26-11-7-6-10-23(26)18-27(31)32-2/h3-15,29H,16-19H2,1-2H3. The Morgan fingerprint density at radius 1 is 0.971 bits per heavy atom. The van der Waals surface area contributed by atoms with Crippen LogP contribution in [0.1, 0.15) is 22.6 Å². The summed E-state index contributed by atoms with van der Waals surface area (Å²) >= 11 is 0. The molecule has 0 spiro atoms. The van der Waals surface area contributed by atoms with E-state index in [0.29, 0.717) is 25.5 Å². The number of benzene rings is 3. The van der Waals surface area contributed by atoms with Crippen molar-refractivity contribution in [2.45, 2.75) is 26.3 Å². The second kappa shape index (κ2) is 11.2. The number of nitrogens with zero attached hydrogens (tertiary/aromatic N) is 1. The Balaban J connectivity index is 1.28. The van der Waals surface area contributed by atoms with Gasteiger partial charge < -0.3 is 19.2 Å². The van der Waals surface area contributed by atoms with Crippen LogP contribution in [-0.4, -0.2) is 24.7 Å². The van der Waals surface area contributed by atoms with Crippen molar-refractivity contribution in [3.63, 3.8) is 0 Å². The second-order valence-corrected chi connectivity index (χ2v) is 7.89. The van der Waals surface area contributed by atoms with Gasteiger partial charge >= 0.3 is 5.97 Å². The number of hydrogen-bond donors (Lipinski definition) is 1. The van der Waals surface area contributed by atoms with E-state index in [4.69, 9.17) is 13.9 Å². The maximum Gasteiger partial charge on any atom is 0.310 e. The average molecular weight is 457 g/mol. The zero-order chi connectivity index (χ0) is 23.8. The molecule has 0 saturated heterocycles. The highest BCUT2D eigenvalue weighted by Crippen LogP contribution is 2.22. The van der Waals surface area contributed by atoms with E-state index >= 15 is 0 Å². The van der Waals surface area contributed by atoms with Gasteiger partial charge in [-0.2, -0.15) is 0 Å². The van der Waals surface area contributed by atoms with Gasteiger partial charge in [-0.25, -0.2) is 4.98 Å². The second-order valence-electron chi connectivity index (χ2n) is 7.89. The summed E-state index contributed by atoms with van der Waals surface area (Å²) in [4.78, 5) is 16.3. The number of oxazole rings is 1. The third-order valence-electron chi connectivity index (χ3n) is 5.51. The summed E-state index contributed by atoms with van der Waals surface area (Å²) < 4.78 is 16.5. The maximum atomic E-state index is 11.6. The van der Waals surface area contributed by atoms with Gasteiger partial charge in [0.1, 0.15) is 11.5 Å². The smallest absolute Gasteiger partial charge is 0.310 e. The molecular weight excluding hydrogens is 428 g/mol. The fourth-order valence-electron chi connectivity index (χ4n) is 3.61. The average Bonchev–Trinajstić information content (AvgIpc) is 3.25. The molecule has 6 heteroatoms. The van der Waals surface area contributed by atoms with Crippen LogP contribution in [0.3, 0.4) is 0 Å². The number of anilines is 1. The summed E-state index contributed by atoms with van der Waals surface area (Å²) in [6, 6.07) is 25.6. The number of carbonyl (C=O) groups is 1. The fraction of sp³-hybridized carbons (Fsp3) is 0.214. The molecule has 0 saturated carbocycles. The van der Waals surface area contributed by atoms with Gasteiger partial charge in [-0.3, -0.25) is 4.79 Å². The van der Waals surface area contributed by atoms with Crippen molar-refractivity contribution >= 4 is 11.7 Å². The van der Waals surface area contributed by atoms with Crippen molar-refractivity contribution in [1.82, 2.24) is 4.98 Å². The molecule has 0 aliphatic heterocycles. The molecule has 1 N–H and O–H groups in total. The van der Waals surface area contributed by atoms with Crippen LogP contribution >= 0.6 is 0 Å². The van der Waals surface area contributed by atoms with E-state index in [2.05, 4.69) is 10.3 Å². The SMILES string of the molecule is COC(=O)Cc1ccccc1NCc1ccc(OCCc2nc(-c3ccccc3)oc2C)cc1. The van der Waals surface area contributed by atoms with Gasteiger partial charge in [0.05, 0.1) is 25.8 Å². The minimum atomic E-state index is -0.257. The van der Waals surface area contributed by atoms with E-state index in [0.717, 1.165) is 39.6 Å². The highest BCUT2D eigenvalue weighted by molar-refractivity contribution is 5.75. The Labute approximate surface area is 199 Å². The Morgan fingerprint density at radius 2 is 1.71 bits per heavy atom. The van der Waals surface area contributed by atoms with Gasteiger partial charge in [0.25, 0.3) is 0 Å². The number of ether oxygens (including phenoxy) is 2. The number of carbonyl (C=O) groups excluding carboxylic acids is 1. The minimum absolute atomic E-state index is 0.240. The molecule has 0 amide bonds. The van der Waals surface area contributed by atoms with Crippen molar-refractivity contribution in [1.29, 1.82) is 0 Å². The Morgan fingerprint density at radius 3 is 2.47 bits per heavy atom. The summed E-state index contributed by atoms with van der Waals surface area (Å²) in [7, 11) is 1.40. The lowest BCUT2D eigenvalue weighted by atomic mass is 10.1. The Kier molecular flexibility index (Phi) is 7.60. The van der Waals surface area contributed by atoms with Crippen LogP contribution in [0.5, 0.6) is 5.75 Å². The van der Waals surface area contributed by atoms with Crippen LogP contribution in [0.4, 0.5) is 5.69 Å². The summed E-state index contributed by atoms with van der Waals surface area (Å²) in [5, 5.41) is 3.40. The van der Waals surface area contributed by atoms with Crippen molar-refractivity contribution in [3.8, 4) is 17.2 Å². The van der Waals surface area contributed by atoms with E-state index in [1.165, 1.54) is 7.11 Å². The molecule has 0 radical (unpaired) electrons. The summed E-state index contributed by atoms with van der Waals surface area (Å²) in [5.41, 5.74) is 4.82. The van der Waals surface area contributed by atoms with Crippen molar-refractivity contribution in [3.05, 3.63) is 101 Å². The molecule has 34 heavy (non-hydrogen) atoms. The number of methoxy groups -OCH3 is 1. The zero-order valence-electron chi connectivity index (χ0n) is 19.4. The van der Waals surface area contributed by atoms with Gasteiger partial charge in [0.2, 0.25) is 5.89 Å². The summed E-state index contributed by atoms with van der Waals surface area (Å²) in [6.07, 6.45) is 0.909. The lowest BCUT2D eigenvalue weighted by Gasteiger charge is -2.12. The van der Waals surface area contributed by atoms with Crippen LogP contribution in [0, 0.1) is 6.92 Å².